The van der Waals surface area contributed by atoms with Crippen molar-refractivity contribution >= 4 is 5.78 Å². The van der Waals surface area contributed by atoms with E-state index in [0.29, 0.717) is 23.7 Å². The van der Waals surface area contributed by atoms with Crippen LogP contribution >= 0.6 is 0 Å². The summed E-state index contributed by atoms with van der Waals surface area (Å²) in [5.74, 6) is 9.66. The van der Waals surface area contributed by atoms with Crippen LogP contribution in [0.3, 0.4) is 0 Å². The smallest absolute Gasteiger partial charge is 0.133 e. The molecule has 0 radical (unpaired) electrons. The summed E-state index contributed by atoms with van der Waals surface area (Å²) in [5.41, 5.74) is -0.267. The highest BCUT2D eigenvalue weighted by Crippen LogP contribution is 2.68. The minimum atomic E-state index is -0.828. The van der Waals surface area contributed by atoms with Crippen LogP contribution in [0.15, 0.2) is 0 Å². The molecule has 4 aliphatic rings. The topological polar surface area (TPSA) is 46.5 Å². The summed E-state index contributed by atoms with van der Waals surface area (Å²) in [6.07, 6.45) is 10.0. The van der Waals surface area contributed by atoms with Crippen molar-refractivity contribution in [3.05, 3.63) is 0 Å². The standard InChI is InChI=1S/C25H38O3/c1-17(26)20-8-9-21-19-7-6-18-16-25(27,11-5-15-28-4)14-13-23(18,2)22(19)10-12-24(20,21)3/h18-22,27H,6-10,12-16H2,1-4H3/t18?,19-,20+,21-,22-,23-,24+,25?/m0/s1. The number of rotatable bonds is 2. The number of ketones is 1. The second-order valence-electron chi connectivity index (χ2n) is 10.9. The average molecular weight is 387 g/mol. The molecule has 4 fully saturated rings. The summed E-state index contributed by atoms with van der Waals surface area (Å²) in [7, 11) is 1.65. The molecule has 0 spiro atoms. The van der Waals surface area contributed by atoms with E-state index in [2.05, 4.69) is 25.7 Å². The Morgan fingerprint density at radius 1 is 1.04 bits per heavy atom. The van der Waals surface area contributed by atoms with Gasteiger partial charge in [0.15, 0.2) is 0 Å². The highest BCUT2D eigenvalue weighted by Gasteiger charge is 2.61. The molecule has 0 aromatic rings. The number of fused-ring (bicyclic) bond motifs is 5. The lowest BCUT2D eigenvalue weighted by molar-refractivity contribution is -0.144. The average Bonchev–Trinajstić information content (AvgIpc) is 3.00. The maximum absolute atomic E-state index is 12.3. The van der Waals surface area contributed by atoms with Crippen molar-refractivity contribution in [3.8, 4) is 11.8 Å². The first kappa shape index (κ1) is 20.4. The number of carbonyl (C=O) groups excluding carboxylic acids is 1. The second kappa shape index (κ2) is 7.13. The van der Waals surface area contributed by atoms with Gasteiger partial charge in [0.1, 0.15) is 18.0 Å². The fourth-order valence-electron chi connectivity index (χ4n) is 8.30. The number of ether oxygens (including phenoxy) is 1. The first-order valence-electron chi connectivity index (χ1n) is 11.5. The summed E-state index contributed by atoms with van der Waals surface area (Å²) in [6, 6.07) is 0. The predicted molar refractivity (Wildman–Crippen MR) is 110 cm³/mol. The lowest BCUT2D eigenvalue weighted by Crippen LogP contribution is -2.56. The van der Waals surface area contributed by atoms with Crippen LogP contribution < -0.4 is 0 Å². The number of methoxy groups -OCH3 is 1. The molecule has 4 saturated carbocycles. The quantitative estimate of drug-likeness (QED) is 0.705. The van der Waals surface area contributed by atoms with Crippen LogP contribution in [0, 0.1) is 52.3 Å². The van der Waals surface area contributed by atoms with Gasteiger partial charge in [0, 0.05) is 13.0 Å². The Hall–Kier alpha value is -0.850. The molecule has 0 saturated heterocycles. The third kappa shape index (κ3) is 3.07. The van der Waals surface area contributed by atoms with Crippen molar-refractivity contribution in [3.63, 3.8) is 0 Å². The molecule has 156 valence electrons. The number of carbonyl (C=O) groups is 1. The normalized spacial score (nSPS) is 50.0. The van der Waals surface area contributed by atoms with E-state index in [1.165, 1.54) is 32.1 Å². The lowest BCUT2D eigenvalue weighted by atomic mass is 9.44. The van der Waals surface area contributed by atoms with E-state index in [0.717, 1.165) is 43.4 Å². The third-order valence-corrected chi connectivity index (χ3v) is 9.75. The van der Waals surface area contributed by atoms with Crippen molar-refractivity contribution in [2.24, 2.45) is 40.4 Å². The van der Waals surface area contributed by atoms with Gasteiger partial charge in [0.25, 0.3) is 0 Å². The summed E-state index contributed by atoms with van der Waals surface area (Å²) >= 11 is 0. The van der Waals surface area contributed by atoms with Gasteiger partial charge in [-0.3, -0.25) is 4.79 Å². The molecular weight excluding hydrogens is 348 g/mol. The van der Waals surface area contributed by atoms with Gasteiger partial charge in [-0.1, -0.05) is 25.7 Å². The van der Waals surface area contributed by atoms with E-state index in [-0.39, 0.29) is 11.3 Å². The maximum atomic E-state index is 12.3. The zero-order chi connectivity index (χ0) is 20.2. The molecule has 0 amide bonds. The molecule has 8 atom stereocenters. The van der Waals surface area contributed by atoms with Gasteiger partial charge in [0.05, 0.1) is 0 Å². The Balaban J connectivity index is 1.54. The van der Waals surface area contributed by atoms with Crippen LogP contribution in [-0.2, 0) is 9.53 Å². The third-order valence-electron chi connectivity index (χ3n) is 9.75. The van der Waals surface area contributed by atoms with Gasteiger partial charge >= 0.3 is 0 Å². The minimum Gasteiger partial charge on any atom is -0.378 e. The Morgan fingerprint density at radius 3 is 2.50 bits per heavy atom. The lowest BCUT2D eigenvalue weighted by Gasteiger charge is -2.61. The first-order valence-corrected chi connectivity index (χ1v) is 11.5. The molecular formula is C25H38O3. The van der Waals surface area contributed by atoms with Gasteiger partial charge < -0.3 is 9.84 Å². The van der Waals surface area contributed by atoms with Crippen molar-refractivity contribution < 1.29 is 14.6 Å². The van der Waals surface area contributed by atoms with E-state index < -0.39 is 5.60 Å². The van der Waals surface area contributed by atoms with Crippen molar-refractivity contribution in [2.45, 2.75) is 84.2 Å². The first-order chi connectivity index (χ1) is 13.2. The van der Waals surface area contributed by atoms with Crippen LogP contribution in [0.1, 0.15) is 78.6 Å². The Kier molecular flexibility index (Phi) is 5.20. The van der Waals surface area contributed by atoms with Crippen LogP contribution in [-0.4, -0.2) is 30.2 Å². The molecule has 0 bridgehead atoms. The van der Waals surface area contributed by atoms with Crippen molar-refractivity contribution in [1.82, 2.24) is 0 Å². The Bertz CT molecular complexity index is 690. The fourth-order valence-corrected chi connectivity index (χ4v) is 8.30. The van der Waals surface area contributed by atoms with Crippen LogP contribution in [0.25, 0.3) is 0 Å². The van der Waals surface area contributed by atoms with Crippen LogP contribution in [0.5, 0.6) is 0 Å². The summed E-state index contributed by atoms with van der Waals surface area (Å²) in [5, 5.41) is 11.1. The molecule has 3 nitrogen and oxygen atoms in total. The number of Topliss-reactive ketones (excluding diaryl/α,β-unsaturated/α-hetero) is 1. The van der Waals surface area contributed by atoms with E-state index in [1.54, 1.807) is 7.11 Å². The number of hydrogen-bond acceptors (Lipinski definition) is 3. The van der Waals surface area contributed by atoms with E-state index in [1.807, 2.05) is 6.92 Å². The Labute approximate surface area is 171 Å². The largest absolute Gasteiger partial charge is 0.378 e. The van der Waals surface area contributed by atoms with Gasteiger partial charge in [-0.2, -0.15) is 0 Å². The van der Waals surface area contributed by atoms with Crippen molar-refractivity contribution in [2.75, 3.05) is 13.7 Å². The molecule has 28 heavy (non-hydrogen) atoms. The molecule has 4 rings (SSSR count). The van der Waals surface area contributed by atoms with Gasteiger partial charge in [-0.05, 0) is 99.2 Å². The molecule has 3 heteroatoms. The molecule has 0 aromatic heterocycles. The molecule has 0 heterocycles. The molecule has 2 unspecified atom stereocenters. The number of hydrogen-bond donors (Lipinski definition) is 1. The maximum Gasteiger partial charge on any atom is 0.133 e. The minimum absolute atomic E-state index is 0.233. The molecule has 4 aliphatic carbocycles. The molecule has 1 N–H and O–H groups in total. The summed E-state index contributed by atoms with van der Waals surface area (Å²) in [4.78, 5) is 12.3. The predicted octanol–water partition coefficient (Wildman–Crippen LogP) is 4.62. The SMILES string of the molecule is COCC#CC1(O)CC[C@@]2(C)C(CC[C@H]3[C@@H]4CC[C@H](C(C)=O)[C@@]4(C)CC[C@@H]32)C1. The number of aliphatic hydroxyl groups is 1. The Morgan fingerprint density at radius 2 is 1.79 bits per heavy atom. The zero-order valence-corrected chi connectivity index (χ0v) is 18.2. The zero-order valence-electron chi connectivity index (χ0n) is 18.2. The van der Waals surface area contributed by atoms with Crippen molar-refractivity contribution in [1.29, 1.82) is 0 Å². The highest BCUT2D eigenvalue weighted by molar-refractivity contribution is 5.79. The summed E-state index contributed by atoms with van der Waals surface area (Å²) in [6.45, 7) is 7.14. The van der Waals surface area contributed by atoms with E-state index in [9.17, 15) is 9.90 Å². The monoisotopic (exact) mass is 386 g/mol. The molecule has 0 aliphatic heterocycles. The van der Waals surface area contributed by atoms with Crippen LogP contribution in [0.4, 0.5) is 0 Å². The fraction of sp³-hybridized carbons (Fsp3) is 0.880. The second-order valence-corrected chi connectivity index (χ2v) is 10.9. The molecule has 0 aromatic carbocycles. The highest BCUT2D eigenvalue weighted by atomic mass is 16.5. The van der Waals surface area contributed by atoms with E-state index >= 15 is 0 Å². The summed E-state index contributed by atoms with van der Waals surface area (Å²) < 4.78 is 5.04. The van der Waals surface area contributed by atoms with E-state index in [4.69, 9.17) is 4.74 Å². The van der Waals surface area contributed by atoms with Gasteiger partial charge in [-0.15, -0.1) is 0 Å². The van der Waals surface area contributed by atoms with Gasteiger partial charge in [-0.25, -0.2) is 0 Å². The van der Waals surface area contributed by atoms with Gasteiger partial charge in [0.2, 0.25) is 0 Å². The van der Waals surface area contributed by atoms with Crippen LogP contribution in [0.2, 0.25) is 0 Å².